The normalized spacial score (nSPS) is 10.4. The Hall–Kier alpha value is -2.71. The van der Waals surface area contributed by atoms with Crippen LogP contribution >= 0.6 is 15.9 Å². The fourth-order valence-electron chi connectivity index (χ4n) is 3.20. The monoisotopic (exact) mass is 447 g/mol. The quantitative estimate of drug-likeness (QED) is 0.441. The topological polar surface area (TPSA) is 64.2 Å². The predicted octanol–water partition coefficient (Wildman–Crippen LogP) is 5.38. The molecule has 0 aliphatic heterocycles. The van der Waals surface area contributed by atoms with Gasteiger partial charge in [-0.25, -0.2) is 0 Å². The number of nitriles is 1. The van der Waals surface area contributed by atoms with E-state index in [1.807, 2.05) is 42.5 Å². The van der Waals surface area contributed by atoms with E-state index in [0.29, 0.717) is 12.0 Å². The molecule has 146 valence electrons. The Morgan fingerprint density at radius 2 is 1.17 bits per heavy atom. The predicted molar refractivity (Wildman–Crippen MR) is 122 cm³/mol. The summed E-state index contributed by atoms with van der Waals surface area (Å²) in [4.78, 5) is 0. The summed E-state index contributed by atoms with van der Waals surface area (Å²) >= 11 is 3.45. The first-order chi connectivity index (χ1) is 14.1. The van der Waals surface area contributed by atoms with Gasteiger partial charge in [0.15, 0.2) is 0 Å². The van der Waals surface area contributed by atoms with Gasteiger partial charge in [0.2, 0.25) is 0 Å². The lowest BCUT2D eigenvalue weighted by atomic mass is 10.0. The lowest BCUT2D eigenvalue weighted by Gasteiger charge is -2.02. The molecular weight excluding hydrogens is 426 g/mol. The van der Waals surface area contributed by atoms with Crippen LogP contribution < -0.4 is 0 Å². The minimum atomic E-state index is 0.156. The van der Waals surface area contributed by atoms with Crippen molar-refractivity contribution in [1.82, 2.24) is 0 Å². The van der Waals surface area contributed by atoms with Crippen molar-refractivity contribution in [3.05, 3.63) is 94.0 Å². The average molecular weight is 448 g/mol. The zero-order valence-electron chi connectivity index (χ0n) is 16.0. The summed E-state index contributed by atoms with van der Waals surface area (Å²) in [6, 6.07) is 26.3. The lowest BCUT2D eigenvalue weighted by molar-refractivity contribution is 0.299. The smallest absolute Gasteiger partial charge is 0.0991 e. The molecular formula is C25H22BrNO2. The molecule has 0 aromatic heterocycles. The molecule has 0 saturated carbocycles. The van der Waals surface area contributed by atoms with Gasteiger partial charge in [-0.1, -0.05) is 64.5 Å². The summed E-state index contributed by atoms with van der Waals surface area (Å²) in [5.41, 5.74) is 2.95. The number of fused-ring (bicyclic) bond motifs is 2. The maximum atomic E-state index is 8.84. The number of aliphatic hydroxyl groups excluding tert-OH is 2. The molecule has 0 bridgehead atoms. The van der Waals surface area contributed by atoms with Crippen molar-refractivity contribution < 1.29 is 10.2 Å². The maximum absolute atomic E-state index is 8.84. The highest BCUT2D eigenvalue weighted by Crippen LogP contribution is 2.21. The molecule has 4 heteroatoms. The molecule has 0 spiro atoms. The molecule has 0 heterocycles. The second-order valence-electron chi connectivity index (χ2n) is 6.78. The van der Waals surface area contributed by atoms with Crippen molar-refractivity contribution in [2.75, 3.05) is 13.2 Å². The molecule has 3 nitrogen and oxygen atoms in total. The number of hydrogen-bond donors (Lipinski definition) is 2. The van der Waals surface area contributed by atoms with Crippen molar-refractivity contribution in [3.8, 4) is 6.07 Å². The SMILES string of the molecule is N#Cc1ccc2ccc(CCO)cc2c1.OCCc1ccc2ccc(Br)cc2c1. The van der Waals surface area contributed by atoms with Gasteiger partial charge in [-0.3, -0.25) is 0 Å². The van der Waals surface area contributed by atoms with Gasteiger partial charge in [-0.2, -0.15) is 5.26 Å². The highest BCUT2D eigenvalue weighted by Gasteiger charge is 1.98. The van der Waals surface area contributed by atoms with Crippen LogP contribution in [0.25, 0.3) is 21.5 Å². The molecule has 29 heavy (non-hydrogen) atoms. The Balaban J connectivity index is 0.000000166. The van der Waals surface area contributed by atoms with E-state index in [0.717, 1.165) is 27.2 Å². The van der Waals surface area contributed by atoms with Crippen LogP contribution in [0.4, 0.5) is 0 Å². The standard InChI is InChI=1S/C13H11NO.C12H11BrO/c14-9-11-2-4-12-3-1-10(5-6-15)7-13(12)8-11;13-12-4-3-10-2-1-9(5-6-14)7-11(10)8-12/h1-4,7-8,15H,5-6H2;1-4,7-8,14H,5-6H2. The van der Waals surface area contributed by atoms with Crippen LogP contribution in [0.1, 0.15) is 16.7 Å². The van der Waals surface area contributed by atoms with Crippen LogP contribution in [-0.2, 0) is 12.8 Å². The molecule has 0 atom stereocenters. The van der Waals surface area contributed by atoms with E-state index in [4.69, 9.17) is 15.5 Å². The number of aliphatic hydroxyl groups is 2. The summed E-state index contributed by atoms with van der Waals surface area (Å²) in [5, 5.41) is 31.1. The Kier molecular flexibility index (Phi) is 7.37. The van der Waals surface area contributed by atoms with Crippen molar-refractivity contribution in [3.63, 3.8) is 0 Å². The van der Waals surface area contributed by atoms with Crippen molar-refractivity contribution in [2.45, 2.75) is 12.8 Å². The van der Waals surface area contributed by atoms with Gasteiger partial charge in [0.1, 0.15) is 0 Å². The molecule has 4 aromatic rings. The van der Waals surface area contributed by atoms with Crippen LogP contribution in [0.2, 0.25) is 0 Å². The Morgan fingerprint density at radius 3 is 1.72 bits per heavy atom. The van der Waals surface area contributed by atoms with Gasteiger partial charge < -0.3 is 10.2 Å². The van der Waals surface area contributed by atoms with Crippen molar-refractivity contribution in [1.29, 1.82) is 5.26 Å². The number of nitrogens with zero attached hydrogens (tertiary/aromatic N) is 1. The van der Waals surface area contributed by atoms with Crippen LogP contribution in [0.3, 0.4) is 0 Å². The highest BCUT2D eigenvalue weighted by molar-refractivity contribution is 9.10. The molecule has 4 aromatic carbocycles. The van der Waals surface area contributed by atoms with Gasteiger partial charge in [0.05, 0.1) is 11.6 Å². The minimum absolute atomic E-state index is 0.156. The average Bonchev–Trinajstić information content (AvgIpc) is 2.74. The summed E-state index contributed by atoms with van der Waals surface area (Å²) < 4.78 is 1.09. The summed E-state index contributed by atoms with van der Waals surface area (Å²) in [6.45, 7) is 0.364. The maximum Gasteiger partial charge on any atom is 0.0991 e. The minimum Gasteiger partial charge on any atom is -0.396 e. The first-order valence-electron chi connectivity index (χ1n) is 9.45. The van der Waals surface area contributed by atoms with E-state index in [9.17, 15) is 0 Å². The number of rotatable bonds is 4. The molecule has 0 saturated heterocycles. The molecule has 2 N–H and O–H groups in total. The van der Waals surface area contributed by atoms with Crippen LogP contribution in [-0.4, -0.2) is 23.4 Å². The van der Waals surface area contributed by atoms with E-state index >= 15 is 0 Å². The number of hydrogen-bond acceptors (Lipinski definition) is 3. The zero-order chi connectivity index (χ0) is 20.6. The van der Waals surface area contributed by atoms with Crippen LogP contribution in [0.5, 0.6) is 0 Å². The summed E-state index contributed by atoms with van der Waals surface area (Å²) in [5.74, 6) is 0. The van der Waals surface area contributed by atoms with Crippen molar-refractivity contribution >= 4 is 37.5 Å². The largest absolute Gasteiger partial charge is 0.396 e. The van der Waals surface area contributed by atoms with E-state index < -0.39 is 0 Å². The first kappa shape index (κ1) is 21.0. The molecule has 0 unspecified atom stereocenters. The Labute approximate surface area is 179 Å². The second-order valence-corrected chi connectivity index (χ2v) is 7.70. The molecule has 0 amide bonds. The van der Waals surface area contributed by atoms with E-state index in [2.05, 4.69) is 52.3 Å². The molecule has 0 fully saturated rings. The fraction of sp³-hybridized carbons (Fsp3) is 0.160. The number of benzene rings is 4. The Morgan fingerprint density at radius 1 is 0.655 bits per heavy atom. The lowest BCUT2D eigenvalue weighted by Crippen LogP contribution is -1.90. The number of halogens is 1. The molecule has 4 rings (SSSR count). The summed E-state index contributed by atoms with van der Waals surface area (Å²) in [6.07, 6.45) is 1.38. The first-order valence-corrected chi connectivity index (χ1v) is 10.2. The third-order valence-corrected chi connectivity index (χ3v) is 5.19. The summed E-state index contributed by atoms with van der Waals surface area (Å²) in [7, 11) is 0. The van der Waals surface area contributed by atoms with Gasteiger partial charge >= 0.3 is 0 Å². The van der Waals surface area contributed by atoms with E-state index in [1.165, 1.54) is 16.3 Å². The highest BCUT2D eigenvalue weighted by atomic mass is 79.9. The van der Waals surface area contributed by atoms with E-state index in [-0.39, 0.29) is 13.2 Å². The van der Waals surface area contributed by atoms with Crippen LogP contribution in [0, 0.1) is 11.3 Å². The van der Waals surface area contributed by atoms with Gasteiger partial charge in [0, 0.05) is 17.7 Å². The van der Waals surface area contributed by atoms with E-state index in [1.54, 1.807) is 0 Å². The van der Waals surface area contributed by atoms with Gasteiger partial charge in [0.25, 0.3) is 0 Å². The Bertz CT molecular complexity index is 1160. The van der Waals surface area contributed by atoms with Crippen molar-refractivity contribution in [2.24, 2.45) is 0 Å². The zero-order valence-corrected chi connectivity index (χ0v) is 17.6. The van der Waals surface area contributed by atoms with Crippen LogP contribution in [0.15, 0.2) is 77.3 Å². The van der Waals surface area contributed by atoms with Gasteiger partial charge in [-0.15, -0.1) is 0 Å². The molecule has 0 radical (unpaired) electrons. The molecule has 0 aliphatic carbocycles. The van der Waals surface area contributed by atoms with Gasteiger partial charge in [-0.05, 0) is 69.8 Å². The third-order valence-electron chi connectivity index (χ3n) is 4.70. The molecule has 0 aliphatic rings. The fourth-order valence-corrected chi connectivity index (χ4v) is 3.58. The second kappa shape index (κ2) is 10.2. The third kappa shape index (κ3) is 5.65.